The lowest BCUT2D eigenvalue weighted by molar-refractivity contribution is -0.385. The van der Waals surface area contributed by atoms with Gasteiger partial charge in [0.2, 0.25) is 0 Å². The van der Waals surface area contributed by atoms with Crippen molar-refractivity contribution in [3.05, 3.63) is 34.1 Å². The van der Waals surface area contributed by atoms with Gasteiger partial charge in [0.05, 0.1) is 11.0 Å². The molecule has 2 unspecified atom stereocenters. The van der Waals surface area contributed by atoms with E-state index in [1.54, 1.807) is 0 Å². The molecule has 1 N–H and O–H groups in total. The summed E-state index contributed by atoms with van der Waals surface area (Å²) in [5, 5.41) is 14.3. The predicted octanol–water partition coefficient (Wildman–Crippen LogP) is 2.84. The summed E-state index contributed by atoms with van der Waals surface area (Å²) in [6.07, 6.45) is 5.34. The number of anilines is 1. The number of rotatable bonds is 3. The van der Waals surface area contributed by atoms with Gasteiger partial charge in [-0.2, -0.15) is 0 Å². The van der Waals surface area contributed by atoms with Crippen molar-refractivity contribution in [1.29, 1.82) is 0 Å². The molecule has 0 aliphatic carbocycles. The minimum absolute atomic E-state index is 0.168. The Kier molecular flexibility index (Phi) is 3.80. The number of nitro groups is 1. The molecular weight excluding hydrogens is 273 g/mol. The Morgan fingerprint density at radius 3 is 2.52 bits per heavy atom. The van der Waals surface area contributed by atoms with Crippen LogP contribution in [0, 0.1) is 15.9 Å². The van der Waals surface area contributed by atoms with Gasteiger partial charge in [-0.05, 0) is 45.2 Å². The largest absolute Gasteiger partial charge is 0.365 e. The molecule has 0 aromatic heterocycles. The van der Waals surface area contributed by atoms with E-state index in [0.717, 1.165) is 31.7 Å². The van der Waals surface area contributed by atoms with Crippen molar-refractivity contribution in [1.82, 2.24) is 5.32 Å². The van der Waals surface area contributed by atoms with Crippen LogP contribution in [0.2, 0.25) is 0 Å². The van der Waals surface area contributed by atoms with E-state index in [4.69, 9.17) is 0 Å². The van der Waals surface area contributed by atoms with Gasteiger partial charge in [0.1, 0.15) is 5.82 Å². The summed E-state index contributed by atoms with van der Waals surface area (Å²) in [6.45, 7) is 0. The highest BCUT2D eigenvalue weighted by Crippen LogP contribution is 2.39. The number of fused-ring (bicyclic) bond motifs is 2. The summed E-state index contributed by atoms with van der Waals surface area (Å²) in [6, 6.07) is 5.10. The Morgan fingerprint density at radius 2 is 1.95 bits per heavy atom. The van der Waals surface area contributed by atoms with Crippen LogP contribution in [0.4, 0.5) is 15.8 Å². The van der Waals surface area contributed by atoms with E-state index in [-0.39, 0.29) is 5.69 Å². The van der Waals surface area contributed by atoms with Crippen LogP contribution < -0.4 is 10.2 Å². The van der Waals surface area contributed by atoms with Crippen LogP contribution in [0.25, 0.3) is 0 Å². The van der Waals surface area contributed by atoms with Crippen LogP contribution >= 0.6 is 0 Å². The molecule has 0 spiro atoms. The van der Waals surface area contributed by atoms with E-state index >= 15 is 0 Å². The van der Waals surface area contributed by atoms with Crippen LogP contribution in [0.1, 0.15) is 32.1 Å². The predicted molar refractivity (Wildman–Crippen MR) is 79.0 cm³/mol. The zero-order valence-corrected chi connectivity index (χ0v) is 12.1. The number of non-ortho nitro benzene ring substituents is 1. The molecule has 3 rings (SSSR count). The molecule has 114 valence electrons. The molecule has 0 amide bonds. The summed E-state index contributed by atoms with van der Waals surface area (Å²) in [4.78, 5) is 12.6. The van der Waals surface area contributed by atoms with Gasteiger partial charge in [-0.3, -0.25) is 10.1 Å². The first-order valence-corrected chi connectivity index (χ1v) is 7.49. The third kappa shape index (κ3) is 2.72. The van der Waals surface area contributed by atoms with Crippen molar-refractivity contribution in [2.45, 2.75) is 50.2 Å². The monoisotopic (exact) mass is 293 g/mol. The van der Waals surface area contributed by atoms with Crippen LogP contribution in [0.15, 0.2) is 18.2 Å². The second-order valence-electron chi connectivity index (χ2n) is 6.03. The zero-order chi connectivity index (χ0) is 15.0. The fraction of sp³-hybridized carbons (Fsp3) is 0.600. The molecule has 1 aromatic carbocycles. The van der Waals surface area contributed by atoms with Gasteiger partial charge in [0, 0.05) is 29.9 Å². The molecule has 2 fully saturated rings. The molecule has 0 saturated carbocycles. The van der Waals surface area contributed by atoms with Gasteiger partial charge < -0.3 is 10.2 Å². The Labute approximate surface area is 123 Å². The Hall–Kier alpha value is -1.69. The molecule has 0 radical (unpaired) electrons. The minimum atomic E-state index is -0.534. The Balaban J connectivity index is 1.94. The van der Waals surface area contributed by atoms with Crippen molar-refractivity contribution in [3.8, 4) is 0 Å². The van der Waals surface area contributed by atoms with Crippen LogP contribution in [0.3, 0.4) is 0 Å². The minimum Gasteiger partial charge on any atom is -0.365 e. The van der Waals surface area contributed by atoms with E-state index in [9.17, 15) is 14.5 Å². The highest BCUT2D eigenvalue weighted by atomic mass is 19.1. The van der Waals surface area contributed by atoms with Gasteiger partial charge in [0.15, 0.2) is 0 Å². The first-order chi connectivity index (χ1) is 10.1. The number of hydrogen-bond donors (Lipinski definition) is 1. The van der Waals surface area contributed by atoms with Crippen molar-refractivity contribution in [3.63, 3.8) is 0 Å². The molecule has 2 aliphatic heterocycles. The van der Waals surface area contributed by atoms with Crippen LogP contribution in [0.5, 0.6) is 0 Å². The second kappa shape index (κ2) is 5.60. The average molecular weight is 293 g/mol. The van der Waals surface area contributed by atoms with Gasteiger partial charge in [0.25, 0.3) is 5.69 Å². The molecule has 2 atom stereocenters. The normalized spacial score (nSPS) is 28.5. The lowest BCUT2D eigenvalue weighted by Crippen LogP contribution is -2.56. The lowest BCUT2D eigenvalue weighted by Gasteiger charge is -2.50. The summed E-state index contributed by atoms with van der Waals surface area (Å²) in [5.74, 6) is -0.534. The molecule has 1 aromatic rings. The molecule has 6 heteroatoms. The van der Waals surface area contributed by atoms with Crippen molar-refractivity contribution in [2.24, 2.45) is 0 Å². The van der Waals surface area contributed by atoms with Crippen molar-refractivity contribution in [2.75, 3.05) is 11.9 Å². The Morgan fingerprint density at radius 1 is 1.29 bits per heavy atom. The SMILES string of the molecule is CNC1CC2CCCC(C1)N2c1cc(F)cc([N+](=O)[O-])c1. The topological polar surface area (TPSA) is 58.4 Å². The smallest absolute Gasteiger partial charge is 0.274 e. The van der Waals surface area contributed by atoms with Crippen LogP contribution in [-0.4, -0.2) is 30.1 Å². The highest BCUT2D eigenvalue weighted by Gasteiger charge is 2.38. The molecule has 21 heavy (non-hydrogen) atoms. The second-order valence-corrected chi connectivity index (χ2v) is 6.03. The number of nitro benzene ring substituents is 1. The Bertz CT molecular complexity index is 538. The molecule has 2 aliphatic rings. The third-order valence-corrected chi connectivity index (χ3v) is 4.76. The molecule has 2 saturated heterocycles. The van der Waals surface area contributed by atoms with E-state index in [1.165, 1.54) is 18.6 Å². The molecule has 2 bridgehead atoms. The third-order valence-electron chi connectivity index (χ3n) is 4.76. The number of hydrogen-bond acceptors (Lipinski definition) is 4. The fourth-order valence-corrected chi connectivity index (χ4v) is 3.85. The van der Waals surface area contributed by atoms with Gasteiger partial charge in [-0.15, -0.1) is 0 Å². The van der Waals surface area contributed by atoms with Gasteiger partial charge in [-0.1, -0.05) is 0 Å². The molecule has 5 nitrogen and oxygen atoms in total. The van der Waals surface area contributed by atoms with E-state index in [2.05, 4.69) is 10.2 Å². The molecular formula is C15H20FN3O2. The van der Waals surface area contributed by atoms with Gasteiger partial charge in [-0.25, -0.2) is 4.39 Å². The number of piperidine rings is 2. The number of benzene rings is 1. The summed E-state index contributed by atoms with van der Waals surface area (Å²) >= 11 is 0. The maximum absolute atomic E-state index is 13.7. The number of halogens is 1. The van der Waals surface area contributed by atoms with Crippen LogP contribution in [-0.2, 0) is 0 Å². The maximum atomic E-state index is 13.7. The van der Waals surface area contributed by atoms with E-state index < -0.39 is 10.7 Å². The maximum Gasteiger partial charge on any atom is 0.274 e. The molecule has 2 heterocycles. The summed E-state index contributed by atoms with van der Waals surface area (Å²) < 4.78 is 13.7. The first-order valence-electron chi connectivity index (χ1n) is 7.49. The number of nitrogens with zero attached hydrogens (tertiary/aromatic N) is 2. The fourth-order valence-electron chi connectivity index (χ4n) is 3.85. The van der Waals surface area contributed by atoms with E-state index in [1.807, 2.05) is 7.05 Å². The highest BCUT2D eigenvalue weighted by molar-refractivity contribution is 5.56. The van der Waals surface area contributed by atoms with E-state index in [0.29, 0.717) is 23.8 Å². The first kappa shape index (κ1) is 14.3. The average Bonchev–Trinajstić information content (AvgIpc) is 2.45. The lowest BCUT2D eigenvalue weighted by atomic mass is 9.81. The quantitative estimate of drug-likeness (QED) is 0.687. The van der Waals surface area contributed by atoms with Crippen molar-refractivity contribution >= 4 is 11.4 Å². The number of nitrogens with one attached hydrogen (secondary N) is 1. The van der Waals surface area contributed by atoms with Crippen molar-refractivity contribution < 1.29 is 9.31 Å². The summed E-state index contributed by atoms with van der Waals surface area (Å²) in [7, 11) is 1.98. The van der Waals surface area contributed by atoms with Gasteiger partial charge >= 0.3 is 0 Å². The standard InChI is InChI=1S/C15H20FN3O2/c1-17-11-7-12-3-2-4-13(8-11)18(12)14-5-10(16)6-15(9-14)19(20)21/h5-6,9,11-13,17H,2-4,7-8H2,1H3. The zero-order valence-electron chi connectivity index (χ0n) is 12.1. The summed E-state index contributed by atoms with van der Waals surface area (Å²) in [5.41, 5.74) is 0.491.